The predicted octanol–water partition coefficient (Wildman–Crippen LogP) is 0.649. The lowest BCUT2D eigenvalue weighted by Crippen LogP contribution is -2.39. The Morgan fingerprint density at radius 3 is 2.86 bits per heavy atom. The second-order valence-electron chi connectivity index (χ2n) is 5.33. The summed E-state index contributed by atoms with van der Waals surface area (Å²) in [6, 6.07) is 7.96. The van der Waals surface area contributed by atoms with Crippen molar-refractivity contribution in [2.75, 3.05) is 46.4 Å². The van der Waals surface area contributed by atoms with Gasteiger partial charge in [-0.15, -0.1) is 0 Å². The van der Waals surface area contributed by atoms with Crippen molar-refractivity contribution in [3.05, 3.63) is 29.8 Å². The maximum atomic E-state index is 11.9. The van der Waals surface area contributed by atoms with E-state index in [1.165, 1.54) is 5.56 Å². The van der Waals surface area contributed by atoms with E-state index in [4.69, 9.17) is 4.74 Å². The average molecular weight is 291 g/mol. The van der Waals surface area contributed by atoms with Crippen molar-refractivity contribution in [1.82, 2.24) is 15.5 Å². The van der Waals surface area contributed by atoms with Gasteiger partial charge in [0, 0.05) is 19.6 Å². The number of carbonyl (C=O) groups excluding carboxylic acids is 1. The van der Waals surface area contributed by atoms with E-state index in [1.54, 1.807) is 7.11 Å². The first-order chi connectivity index (χ1) is 10.3. The number of hydrogen-bond donors (Lipinski definition) is 2. The van der Waals surface area contributed by atoms with Crippen molar-refractivity contribution in [3.63, 3.8) is 0 Å². The van der Waals surface area contributed by atoms with Gasteiger partial charge < -0.3 is 15.4 Å². The van der Waals surface area contributed by atoms with Crippen molar-refractivity contribution < 1.29 is 9.53 Å². The van der Waals surface area contributed by atoms with E-state index in [9.17, 15) is 4.79 Å². The third-order valence-corrected chi connectivity index (χ3v) is 3.69. The summed E-state index contributed by atoms with van der Waals surface area (Å²) in [7, 11) is 1.66. The normalized spacial score (nSPS) is 16.2. The summed E-state index contributed by atoms with van der Waals surface area (Å²) in [5.74, 6) is 0.975. The van der Waals surface area contributed by atoms with Gasteiger partial charge in [0.2, 0.25) is 5.91 Å². The van der Waals surface area contributed by atoms with Crippen LogP contribution >= 0.6 is 0 Å². The number of nitrogens with zero attached hydrogens (tertiary/aromatic N) is 1. The van der Waals surface area contributed by atoms with Crippen LogP contribution in [0.15, 0.2) is 24.3 Å². The monoisotopic (exact) mass is 291 g/mol. The minimum atomic E-state index is 0.116. The molecule has 5 heteroatoms. The molecule has 21 heavy (non-hydrogen) atoms. The molecule has 0 radical (unpaired) electrons. The number of amides is 1. The van der Waals surface area contributed by atoms with E-state index >= 15 is 0 Å². The molecule has 0 aliphatic carbocycles. The molecule has 1 fully saturated rings. The number of carbonyl (C=O) groups is 1. The number of hydrogen-bond acceptors (Lipinski definition) is 4. The SMILES string of the molecule is COc1ccc(CCNC(=O)CN2CCCNCC2)cc1. The van der Waals surface area contributed by atoms with Crippen LogP contribution < -0.4 is 15.4 Å². The number of methoxy groups -OCH3 is 1. The van der Waals surface area contributed by atoms with E-state index in [1.807, 2.05) is 24.3 Å². The lowest BCUT2D eigenvalue weighted by molar-refractivity contribution is -0.122. The summed E-state index contributed by atoms with van der Waals surface area (Å²) in [4.78, 5) is 14.1. The molecule has 2 N–H and O–H groups in total. The van der Waals surface area contributed by atoms with Gasteiger partial charge >= 0.3 is 0 Å². The molecule has 1 amide bonds. The molecule has 1 aliphatic rings. The number of nitrogens with one attached hydrogen (secondary N) is 2. The van der Waals surface area contributed by atoms with Gasteiger partial charge in [-0.2, -0.15) is 0 Å². The fourth-order valence-corrected chi connectivity index (χ4v) is 2.46. The van der Waals surface area contributed by atoms with Crippen LogP contribution in [-0.2, 0) is 11.2 Å². The van der Waals surface area contributed by atoms with Crippen LogP contribution in [0.5, 0.6) is 5.75 Å². The van der Waals surface area contributed by atoms with Gasteiger partial charge in [0.15, 0.2) is 0 Å². The molecule has 2 rings (SSSR count). The molecule has 1 aromatic carbocycles. The number of benzene rings is 1. The van der Waals surface area contributed by atoms with Crippen molar-refractivity contribution in [1.29, 1.82) is 0 Å². The van der Waals surface area contributed by atoms with Crippen LogP contribution in [0.4, 0.5) is 0 Å². The second kappa shape index (κ2) is 8.64. The molecule has 1 heterocycles. The lowest BCUT2D eigenvalue weighted by atomic mass is 10.1. The third kappa shape index (κ3) is 5.73. The van der Waals surface area contributed by atoms with Crippen molar-refractivity contribution in [2.24, 2.45) is 0 Å². The van der Waals surface area contributed by atoms with Crippen LogP contribution in [-0.4, -0.2) is 57.2 Å². The highest BCUT2D eigenvalue weighted by Crippen LogP contribution is 2.11. The van der Waals surface area contributed by atoms with Gasteiger partial charge in [-0.3, -0.25) is 9.69 Å². The molecule has 0 aromatic heterocycles. The number of rotatable bonds is 6. The third-order valence-electron chi connectivity index (χ3n) is 3.69. The van der Waals surface area contributed by atoms with Crippen LogP contribution in [0.2, 0.25) is 0 Å². The summed E-state index contributed by atoms with van der Waals surface area (Å²) >= 11 is 0. The molecule has 0 saturated carbocycles. The minimum absolute atomic E-state index is 0.116. The highest BCUT2D eigenvalue weighted by molar-refractivity contribution is 5.78. The van der Waals surface area contributed by atoms with Crippen molar-refractivity contribution >= 4 is 5.91 Å². The highest BCUT2D eigenvalue weighted by atomic mass is 16.5. The van der Waals surface area contributed by atoms with E-state index in [0.29, 0.717) is 13.1 Å². The van der Waals surface area contributed by atoms with Gasteiger partial charge in [-0.25, -0.2) is 0 Å². The Kier molecular flexibility index (Phi) is 6.50. The minimum Gasteiger partial charge on any atom is -0.497 e. The molecule has 0 atom stereocenters. The van der Waals surface area contributed by atoms with Crippen LogP contribution in [0.1, 0.15) is 12.0 Å². The standard InChI is InChI=1S/C16H25N3O2/c1-21-15-5-3-14(4-6-15)7-9-18-16(20)13-19-11-2-8-17-10-12-19/h3-6,17H,2,7-13H2,1H3,(H,18,20). The predicted molar refractivity (Wildman–Crippen MR) is 83.6 cm³/mol. The maximum Gasteiger partial charge on any atom is 0.234 e. The first-order valence-corrected chi connectivity index (χ1v) is 7.60. The van der Waals surface area contributed by atoms with Gasteiger partial charge in [0.25, 0.3) is 0 Å². The molecule has 0 spiro atoms. The zero-order chi connectivity index (χ0) is 14.9. The molecule has 1 aliphatic heterocycles. The maximum absolute atomic E-state index is 11.9. The Balaban J connectivity index is 1.66. The van der Waals surface area contributed by atoms with Gasteiger partial charge in [0.05, 0.1) is 13.7 Å². The topological polar surface area (TPSA) is 53.6 Å². The Morgan fingerprint density at radius 1 is 1.29 bits per heavy atom. The van der Waals surface area contributed by atoms with Crippen molar-refractivity contribution in [2.45, 2.75) is 12.8 Å². The average Bonchev–Trinajstić information content (AvgIpc) is 2.76. The molecule has 1 aromatic rings. The first-order valence-electron chi connectivity index (χ1n) is 7.60. The molecule has 1 saturated heterocycles. The fourth-order valence-electron chi connectivity index (χ4n) is 2.46. The van der Waals surface area contributed by atoms with Crippen LogP contribution in [0.3, 0.4) is 0 Å². The van der Waals surface area contributed by atoms with Crippen molar-refractivity contribution in [3.8, 4) is 5.75 Å². The van der Waals surface area contributed by atoms with Gasteiger partial charge in [-0.05, 0) is 43.6 Å². The van der Waals surface area contributed by atoms with Gasteiger partial charge in [0.1, 0.15) is 5.75 Å². The largest absolute Gasteiger partial charge is 0.497 e. The van der Waals surface area contributed by atoms with Crippen LogP contribution in [0.25, 0.3) is 0 Å². The summed E-state index contributed by atoms with van der Waals surface area (Å²) in [6.45, 7) is 5.15. The second-order valence-corrected chi connectivity index (χ2v) is 5.33. The molecular weight excluding hydrogens is 266 g/mol. The Bertz CT molecular complexity index is 426. The Labute approximate surface area is 126 Å². The smallest absolute Gasteiger partial charge is 0.234 e. The van der Waals surface area contributed by atoms with E-state index in [-0.39, 0.29) is 5.91 Å². The molecule has 0 bridgehead atoms. The quantitative estimate of drug-likeness (QED) is 0.808. The van der Waals surface area contributed by atoms with E-state index in [0.717, 1.165) is 44.8 Å². The molecule has 116 valence electrons. The summed E-state index contributed by atoms with van der Waals surface area (Å²) in [6.07, 6.45) is 1.95. The zero-order valence-corrected chi connectivity index (χ0v) is 12.7. The molecule has 0 unspecified atom stereocenters. The molecule has 5 nitrogen and oxygen atoms in total. The Hall–Kier alpha value is -1.59. The molecular formula is C16H25N3O2. The van der Waals surface area contributed by atoms with Crippen LogP contribution in [0, 0.1) is 0 Å². The van der Waals surface area contributed by atoms with Gasteiger partial charge in [-0.1, -0.05) is 12.1 Å². The summed E-state index contributed by atoms with van der Waals surface area (Å²) < 4.78 is 5.13. The number of ether oxygens (including phenoxy) is 1. The summed E-state index contributed by atoms with van der Waals surface area (Å²) in [5.41, 5.74) is 1.20. The Morgan fingerprint density at radius 2 is 2.10 bits per heavy atom. The van der Waals surface area contributed by atoms with E-state index in [2.05, 4.69) is 15.5 Å². The summed E-state index contributed by atoms with van der Waals surface area (Å²) in [5, 5.41) is 6.34. The van der Waals surface area contributed by atoms with E-state index < -0.39 is 0 Å². The first kappa shape index (κ1) is 15.8. The lowest BCUT2D eigenvalue weighted by Gasteiger charge is -2.18. The highest BCUT2D eigenvalue weighted by Gasteiger charge is 2.12. The fraction of sp³-hybridized carbons (Fsp3) is 0.562. The zero-order valence-electron chi connectivity index (χ0n) is 12.7.